The number of nitrogens with two attached hydrogens (primary N) is 1. The van der Waals surface area contributed by atoms with Gasteiger partial charge in [-0.1, -0.05) is 26.2 Å². The normalized spacial score (nSPS) is 23.3. The van der Waals surface area contributed by atoms with Crippen molar-refractivity contribution in [3.05, 3.63) is 17.8 Å². The van der Waals surface area contributed by atoms with Crippen LogP contribution in [0.5, 0.6) is 0 Å². The van der Waals surface area contributed by atoms with Crippen molar-refractivity contribution in [2.45, 2.75) is 32.6 Å². The van der Waals surface area contributed by atoms with Crippen molar-refractivity contribution in [3.8, 4) is 6.07 Å². The maximum atomic E-state index is 8.76. The first kappa shape index (κ1) is 12.7. The zero-order chi connectivity index (χ0) is 13.0. The van der Waals surface area contributed by atoms with Crippen LogP contribution in [0.2, 0.25) is 0 Å². The zero-order valence-electron chi connectivity index (χ0n) is 10.8. The molecule has 1 saturated carbocycles. The van der Waals surface area contributed by atoms with Crippen LogP contribution in [-0.2, 0) is 0 Å². The summed E-state index contributed by atoms with van der Waals surface area (Å²) in [7, 11) is 0. The van der Waals surface area contributed by atoms with Crippen LogP contribution in [0.15, 0.2) is 12.3 Å². The minimum absolute atomic E-state index is 0.504. The van der Waals surface area contributed by atoms with E-state index in [4.69, 9.17) is 11.0 Å². The number of pyridine rings is 1. The topological polar surface area (TPSA) is 74.7 Å². The Kier molecular flexibility index (Phi) is 4.03. The number of nitrogens with one attached hydrogen (secondary N) is 1. The van der Waals surface area contributed by atoms with Crippen molar-refractivity contribution < 1.29 is 0 Å². The van der Waals surface area contributed by atoms with Gasteiger partial charge in [-0.3, -0.25) is 0 Å². The largest absolute Gasteiger partial charge is 0.396 e. The fourth-order valence-corrected chi connectivity index (χ4v) is 2.61. The van der Waals surface area contributed by atoms with Crippen molar-refractivity contribution in [3.63, 3.8) is 0 Å². The van der Waals surface area contributed by atoms with Crippen LogP contribution >= 0.6 is 0 Å². The molecule has 1 heterocycles. The standard InChI is InChI=1S/C14H20N4/c1-10-4-2-3-5-12(10)9-18-14-13(16)6-11(7-15)8-17-14/h6,8,10,12H,2-5,9,16H2,1H3,(H,17,18). The zero-order valence-corrected chi connectivity index (χ0v) is 10.8. The Balaban J connectivity index is 1.95. The molecule has 0 saturated heterocycles. The number of anilines is 2. The van der Waals surface area contributed by atoms with Crippen LogP contribution in [0.4, 0.5) is 11.5 Å². The molecule has 2 unspecified atom stereocenters. The fraction of sp³-hybridized carbons (Fsp3) is 0.571. The van der Waals surface area contributed by atoms with E-state index in [2.05, 4.69) is 17.2 Å². The second-order valence-corrected chi connectivity index (χ2v) is 5.18. The van der Waals surface area contributed by atoms with Crippen molar-refractivity contribution in [2.75, 3.05) is 17.6 Å². The summed E-state index contributed by atoms with van der Waals surface area (Å²) in [5.41, 5.74) is 6.93. The van der Waals surface area contributed by atoms with E-state index in [0.29, 0.717) is 23.0 Å². The Bertz CT molecular complexity index is 450. The van der Waals surface area contributed by atoms with E-state index in [1.165, 1.54) is 25.7 Å². The molecule has 0 aromatic carbocycles. The lowest BCUT2D eigenvalue weighted by Gasteiger charge is -2.29. The molecular formula is C14H20N4. The van der Waals surface area contributed by atoms with Crippen molar-refractivity contribution >= 4 is 11.5 Å². The smallest absolute Gasteiger partial charge is 0.149 e. The minimum Gasteiger partial charge on any atom is -0.396 e. The first-order valence-electron chi connectivity index (χ1n) is 6.60. The predicted octanol–water partition coefficient (Wildman–Crippen LogP) is 2.77. The van der Waals surface area contributed by atoms with Crippen LogP contribution in [0.3, 0.4) is 0 Å². The molecule has 1 aliphatic carbocycles. The molecule has 18 heavy (non-hydrogen) atoms. The highest BCUT2D eigenvalue weighted by atomic mass is 15.0. The molecule has 1 aliphatic rings. The monoisotopic (exact) mass is 244 g/mol. The van der Waals surface area contributed by atoms with Gasteiger partial charge in [0.2, 0.25) is 0 Å². The molecule has 2 rings (SSSR count). The van der Waals surface area contributed by atoms with Crippen LogP contribution < -0.4 is 11.1 Å². The maximum Gasteiger partial charge on any atom is 0.149 e. The summed E-state index contributed by atoms with van der Waals surface area (Å²) in [5.74, 6) is 2.17. The summed E-state index contributed by atoms with van der Waals surface area (Å²) in [6.45, 7) is 3.24. The fourth-order valence-electron chi connectivity index (χ4n) is 2.61. The van der Waals surface area contributed by atoms with Gasteiger partial charge in [-0.2, -0.15) is 5.26 Å². The summed E-state index contributed by atoms with van der Waals surface area (Å²) in [6.07, 6.45) is 6.85. The Morgan fingerprint density at radius 2 is 2.28 bits per heavy atom. The predicted molar refractivity (Wildman–Crippen MR) is 73.0 cm³/mol. The SMILES string of the molecule is CC1CCCCC1CNc1ncc(C#N)cc1N. The van der Waals surface area contributed by atoms with Gasteiger partial charge in [-0.15, -0.1) is 0 Å². The van der Waals surface area contributed by atoms with Gasteiger partial charge in [0.15, 0.2) is 0 Å². The molecule has 0 radical (unpaired) electrons. The van der Waals surface area contributed by atoms with Gasteiger partial charge in [-0.25, -0.2) is 4.98 Å². The molecule has 2 atom stereocenters. The second kappa shape index (κ2) is 5.72. The molecule has 0 bridgehead atoms. The van der Waals surface area contributed by atoms with Gasteiger partial charge in [-0.05, 0) is 24.3 Å². The summed E-state index contributed by atoms with van der Waals surface area (Å²) in [6, 6.07) is 3.70. The summed E-state index contributed by atoms with van der Waals surface area (Å²) >= 11 is 0. The van der Waals surface area contributed by atoms with E-state index < -0.39 is 0 Å². The van der Waals surface area contributed by atoms with E-state index in [0.717, 1.165) is 12.5 Å². The van der Waals surface area contributed by atoms with Crippen LogP contribution in [0, 0.1) is 23.2 Å². The number of nitrogen functional groups attached to an aromatic ring is 1. The molecule has 96 valence electrons. The number of nitrogens with zero attached hydrogens (tertiary/aromatic N) is 2. The quantitative estimate of drug-likeness (QED) is 0.857. The molecule has 1 aromatic heterocycles. The number of nitriles is 1. The lowest BCUT2D eigenvalue weighted by atomic mass is 9.80. The van der Waals surface area contributed by atoms with E-state index in [-0.39, 0.29) is 0 Å². The first-order chi connectivity index (χ1) is 8.70. The molecule has 0 aliphatic heterocycles. The average molecular weight is 244 g/mol. The first-order valence-corrected chi connectivity index (χ1v) is 6.60. The number of aromatic nitrogens is 1. The Hall–Kier alpha value is -1.76. The molecule has 0 spiro atoms. The van der Waals surface area contributed by atoms with E-state index in [9.17, 15) is 0 Å². The Morgan fingerprint density at radius 3 is 2.94 bits per heavy atom. The molecule has 1 aromatic rings. The molecule has 3 N–H and O–H groups in total. The number of hydrogen-bond donors (Lipinski definition) is 2. The van der Waals surface area contributed by atoms with Gasteiger partial charge in [0, 0.05) is 12.7 Å². The van der Waals surface area contributed by atoms with Gasteiger partial charge in [0.1, 0.15) is 11.9 Å². The average Bonchev–Trinajstić information content (AvgIpc) is 2.39. The Labute approximate surface area is 108 Å². The molecule has 1 fully saturated rings. The van der Waals surface area contributed by atoms with Crippen molar-refractivity contribution in [1.29, 1.82) is 5.26 Å². The number of hydrogen-bond acceptors (Lipinski definition) is 4. The van der Waals surface area contributed by atoms with Crippen LogP contribution in [-0.4, -0.2) is 11.5 Å². The third kappa shape index (κ3) is 2.92. The summed E-state index contributed by atoms with van der Waals surface area (Å²) in [5, 5.41) is 12.1. The third-order valence-corrected chi connectivity index (χ3v) is 3.87. The number of rotatable bonds is 3. The summed E-state index contributed by atoms with van der Waals surface area (Å²) in [4.78, 5) is 4.20. The van der Waals surface area contributed by atoms with Crippen LogP contribution in [0.25, 0.3) is 0 Å². The van der Waals surface area contributed by atoms with Gasteiger partial charge in [0.05, 0.1) is 11.3 Å². The third-order valence-electron chi connectivity index (χ3n) is 3.87. The van der Waals surface area contributed by atoms with Gasteiger partial charge < -0.3 is 11.1 Å². The maximum absolute atomic E-state index is 8.76. The minimum atomic E-state index is 0.504. The molecular weight excluding hydrogens is 224 g/mol. The lowest BCUT2D eigenvalue weighted by Crippen LogP contribution is -2.25. The van der Waals surface area contributed by atoms with Gasteiger partial charge in [0.25, 0.3) is 0 Å². The van der Waals surface area contributed by atoms with E-state index in [1.54, 1.807) is 12.3 Å². The Morgan fingerprint density at radius 1 is 1.50 bits per heavy atom. The highest BCUT2D eigenvalue weighted by Crippen LogP contribution is 2.30. The van der Waals surface area contributed by atoms with Crippen molar-refractivity contribution in [1.82, 2.24) is 4.98 Å². The van der Waals surface area contributed by atoms with E-state index in [1.807, 2.05) is 6.07 Å². The van der Waals surface area contributed by atoms with Crippen molar-refractivity contribution in [2.24, 2.45) is 11.8 Å². The van der Waals surface area contributed by atoms with E-state index >= 15 is 0 Å². The highest BCUT2D eigenvalue weighted by Gasteiger charge is 2.21. The lowest BCUT2D eigenvalue weighted by molar-refractivity contribution is 0.268. The van der Waals surface area contributed by atoms with Gasteiger partial charge >= 0.3 is 0 Å². The molecule has 4 heteroatoms. The molecule has 4 nitrogen and oxygen atoms in total. The second-order valence-electron chi connectivity index (χ2n) is 5.18. The summed E-state index contributed by atoms with van der Waals surface area (Å²) < 4.78 is 0. The van der Waals surface area contributed by atoms with Crippen LogP contribution in [0.1, 0.15) is 38.2 Å². The molecule has 0 amide bonds. The highest BCUT2D eigenvalue weighted by molar-refractivity contribution is 5.63.